The number of halogens is 1. The van der Waals surface area contributed by atoms with Crippen LogP contribution in [0.4, 0.5) is 5.95 Å². The van der Waals surface area contributed by atoms with Crippen molar-refractivity contribution in [3.05, 3.63) is 32.7 Å². The predicted molar refractivity (Wildman–Crippen MR) is 80.1 cm³/mol. The van der Waals surface area contributed by atoms with Crippen LogP contribution in [0.1, 0.15) is 10.6 Å². The molecule has 0 bridgehead atoms. The summed E-state index contributed by atoms with van der Waals surface area (Å²) in [5.74, 6) is 0.977. The second kappa shape index (κ2) is 5.86. The van der Waals surface area contributed by atoms with E-state index in [1.165, 1.54) is 14.4 Å². The minimum absolute atomic E-state index is 0.826. The fourth-order valence-electron chi connectivity index (χ4n) is 1.77. The molecule has 0 aromatic carbocycles. The molecule has 0 saturated heterocycles. The second-order valence-electron chi connectivity index (χ2n) is 4.31. The minimum Gasteiger partial charge on any atom is -0.348 e. The third-order valence-electron chi connectivity index (χ3n) is 2.69. The van der Waals surface area contributed by atoms with Gasteiger partial charge in [-0.05, 0) is 28.1 Å². The van der Waals surface area contributed by atoms with Gasteiger partial charge in [0.2, 0.25) is 5.95 Å². The van der Waals surface area contributed by atoms with E-state index in [-0.39, 0.29) is 0 Å². The van der Waals surface area contributed by atoms with E-state index in [9.17, 15) is 0 Å². The average Bonchev–Trinajstić information content (AvgIpc) is 2.87. The maximum absolute atomic E-state index is 4.39. The van der Waals surface area contributed by atoms with Gasteiger partial charge in [-0.15, -0.1) is 11.3 Å². The van der Waals surface area contributed by atoms with Gasteiger partial charge in [0.1, 0.15) is 0 Å². The van der Waals surface area contributed by atoms with E-state index >= 15 is 0 Å². The van der Waals surface area contributed by atoms with E-state index < -0.39 is 0 Å². The van der Waals surface area contributed by atoms with Gasteiger partial charge in [-0.1, -0.05) is 0 Å². The molecule has 2 aromatic heterocycles. The minimum atomic E-state index is 0.826. The molecule has 1 N–H and O–H groups in total. The molecule has 2 aromatic rings. The quantitative estimate of drug-likeness (QED) is 0.915. The Morgan fingerprint density at radius 1 is 1.39 bits per heavy atom. The van der Waals surface area contributed by atoms with Crippen LogP contribution in [0.25, 0.3) is 0 Å². The summed E-state index contributed by atoms with van der Waals surface area (Å²) in [5, 5.41) is 3.43. The highest BCUT2D eigenvalue weighted by atomic mass is 79.9. The first kappa shape index (κ1) is 13.6. The van der Waals surface area contributed by atoms with Gasteiger partial charge in [0.25, 0.3) is 0 Å². The molecule has 2 heterocycles. The molecule has 0 fully saturated rings. The Morgan fingerprint density at radius 2 is 2.17 bits per heavy atom. The highest BCUT2D eigenvalue weighted by Crippen LogP contribution is 2.21. The van der Waals surface area contributed by atoms with E-state index in [0.717, 1.165) is 19.0 Å². The van der Waals surface area contributed by atoms with Crippen molar-refractivity contribution >= 4 is 33.2 Å². The van der Waals surface area contributed by atoms with E-state index in [2.05, 4.69) is 42.9 Å². The SMILES string of the molecule is CN(C)c1ncc(CNCc2ccc(Br)s2)n1C. The predicted octanol–water partition coefficient (Wildman–Crippen LogP) is 2.60. The molecular weight excluding hydrogens is 312 g/mol. The largest absolute Gasteiger partial charge is 0.348 e. The van der Waals surface area contributed by atoms with Crippen molar-refractivity contribution in [2.75, 3.05) is 19.0 Å². The Morgan fingerprint density at radius 3 is 2.72 bits per heavy atom. The van der Waals surface area contributed by atoms with Gasteiger partial charge < -0.3 is 14.8 Å². The molecule has 0 aliphatic rings. The second-order valence-corrected chi connectivity index (χ2v) is 6.86. The Balaban J connectivity index is 1.90. The van der Waals surface area contributed by atoms with Gasteiger partial charge in [-0.3, -0.25) is 0 Å². The Kier molecular flexibility index (Phi) is 4.42. The summed E-state index contributed by atoms with van der Waals surface area (Å²) in [6.07, 6.45) is 1.92. The fourth-order valence-corrected chi connectivity index (χ4v) is 3.23. The number of anilines is 1. The van der Waals surface area contributed by atoms with Crippen LogP contribution in [-0.2, 0) is 20.1 Å². The topological polar surface area (TPSA) is 33.1 Å². The molecule has 0 atom stereocenters. The first-order chi connectivity index (χ1) is 8.58. The molecule has 2 rings (SSSR count). The molecule has 0 radical (unpaired) electrons. The Labute approximate surface area is 120 Å². The zero-order valence-corrected chi connectivity index (χ0v) is 13.2. The van der Waals surface area contributed by atoms with Crippen molar-refractivity contribution in [3.63, 3.8) is 0 Å². The Bertz CT molecular complexity index is 518. The molecule has 0 amide bonds. The van der Waals surface area contributed by atoms with Gasteiger partial charge in [0.05, 0.1) is 15.7 Å². The van der Waals surface area contributed by atoms with Crippen LogP contribution in [0.15, 0.2) is 22.1 Å². The number of hydrogen-bond donors (Lipinski definition) is 1. The smallest absolute Gasteiger partial charge is 0.204 e. The summed E-state index contributed by atoms with van der Waals surface area (Å²) in [6.45, 7) is 1.71. The van der Waals surface area contributed by atoms with Gasteiger partial charge >= 0.3 is 0 Å². The van der Waals surface area contributed by atoms with Crippen LogP contribution in [0, 0.1) is 0 Å². The highest BCUT2D eigenvalue weighted by Gasteiger charge is 2.07. The summed E-state index contributed by atoms with van der Waals surface area (Å²) in [4.78, 5) is 7.73. The van der Waals surface area contributed by atoms with E-state index in [1.54, 1.807) is 11.3 Å². The third-order valence-corrected chi connectivity index (χ3v) is 4.32. The van der Waals surface area contributed by atoms with Gasteiger partial charge in [-0.25, -0.2) is 4.98 Å². The lowest BCUT2D eigenvalue weighted by Crippen LogP contribution is -2.17. The van der Waals surface area contributed by atoms with Crippen LogP contribution in [0.2, 0.25) is 0 Å². The van der Waals surface area contributed by atoms with E-state index in [0.29, 0.717) is 0 Å². The summed E-state index contributed by atoms with van der Waals surface area (Å²) >= 11 is 5.23. The summed E-state index contributed by atoms with van der Waals surface area (Å²) in [6, 6.07) is 4.21. The summed E-state index contributed by atoms with van der Waals surface area (Å²) < 4.78 is 3.28. The lowest BCUT2D eigenvalue weighted by atomic mass is 10.4. The first-order valence-corrected chi connectivity index (χ1v) is 7.31. The van der Waals surface area contributed by atoms with Crippen LogP contribution >= 0.6 is 27.3 Å². The normalized spacial score (nSPS) is 10.9. The van der Waals surface area contributed by atoms with Crippen molar-refractivity contribution < 1.29 is 0 Å². The lowest BCUT2D eigenvalue weighted by Gasteiger charge is -2.12. The first-order valence-electron chi connectivity index (χ1n) is 5.71. The lowest BCUT2D eigenvalue weighted by molar-refractivity contribution is 0.659. The van der Waals surface area contributed by atoms with Crippen molar-refractivity contribution in [1.29, 1.82) is 0 Å². The van der Waals surface area contributed by atoms with Crippen LogP contribution in [-0.4, -0.2) is 23.6 Å². The summed E-state index contributed by atoms with van der Waals surface area (Å²) in [5.41, 5.74) is 1.19. The number of thiophene rings is 1. The molecule has 6 heteroatoms. The van der Waals surface area contributed by atoms with Crippen molar-refractivity contribution in [1.82, 2.24) is 14.9 Å². The molecule has 0 aliphatic heterocycles. The van der Waals surface area contributed by atoms with Crippen LogP contribution < -0.4 is 10.2 Å². The number of rotatable bonds is 5. The maximum atomic E-state index is 4.39. The maximum Gasteiger partial charge on any atom is 0.204 e. The standard InChI is InChI=1S/C12H17BrN4S/c1-16(2)12-15-7-9(17(12)3)6-14-8-10-4-5-11(13)18-10/h4-5,7,14H,6,8H2,1-3H3. The van der Waals surface area contributed by atoms with Crippen LogP contribution in [0.3, 0.4) is 0 Å². The zero-order valence-electron chi connectivity index (χ0n) is 10.8. The zero-order chi connectivity index (χ0) is 13.1. The van der Waals surface area contributed by atoms with E-state index in [1.807, 2.05) is 32.2 Å². The van der Waals surface area contributed by atoms with Gasteiger partial charge in [0.15, 0.2) is 0 Å². The molecular formula is C12H17BrN4S. The van der Waals surface area contributed by atoms with Crippen molar-refractivity contribution in [2.45, 2.75) is 13.1 Å². The van der Waals surface area contributed by atoms with Crippen molar-refractivity contribution in [3.8, 4) is 0 Å². The number of aromatic nitrogens is 2. The van der Waals surface area contributed by atoms with Crippen LogP contribution in [0.5, 0.6) is 0 Å². The average molecular weight is 329 g/mol. The monoisotopic (exact) mass is 328 g/mol. The number of imidazole rings is 1. The van der Waals surface area contributed by atoms with E-state index in [4.69, 9.17) is 0 Å². The third kappa shape index (κ3) is 3.13. The van der Waals surface area contributed by atoms with Gasteiger partial charge in [-0.2, -0.15) is 0 Å². The van der Waals surface area contributed by atoms with Gasteiger partial charge in [0, 0.05) is 39.1 Å². The number of nitrogens with one attached hydrogen (secondary N) is 1. The fraction of sp³-hybridized carbons (Fsp3) is 0.417. The molecule has 18 heavy (non-hydrogen) atoms. The molecule has 0 aliphatic carbocycles. The number of hydrogen-bond acceptors (Lipinski definition) is 4. The molecule has 4 nitrogen and oxygen atoms in total. The summed E-state index contributed by atoms with van der Waals surface area (Å²) in [7, 11) is 6.05. The highest BCUT2D eigenvalue weighted by molar-refractivity contribution is 9.11. The molecule has 0 saturated carbocycles. The Hall–Kier alpha value is -0.850. The molecule has 0 spiro atoms. The number of nitrogens with zero attached hydrogens (tertiary/aromatic N) is 3. The molecule has 0 unspecified atom stereocenters. The van der Waals surface area contributed by atoms with Crippen molar-refractivity contribution in [2.24, 2.45) is 7.05 Å². The molecule has 98 valence electrons.